The molecule has 5 rings (SSSR count). The molecule has 9 heteroatoms. The second-order valence-electron chi connectivity index (χ2n) is 11.8. The maximum atomic E-state index is 14.7. The number of cyclic esters (lactones) is 1. The lowest BCUT2D eigenvalue weighted by molar-refractivity contribution is -0.162. The average molecular weight is 566 g/mol. The van der Waals surface area contributed by atoms with Crippen LogP contribution in [0.5, 0.6) is 0 Å². The summed E-state index contributed by atoms with van der Waals surface area (Å²) in [6.45, 7) is 11.9. The van der Waals surface area contributed by atoms with Crippen molar-refractivity contribution < 1.29 is 29.0 Å². The van der Waals surface area contributed by atoms with Gasteiger partial charge in [0.2, 0.25) is 5.91 Å². The molecule has 222 valence electrons. The molecule has 6 atom stereocenters. The summed E-state index contributed by atoms with van der Waals surface area (Å²) in [5, 5.41) is 10.5. The molecule has 1 unspecified atom stereocenters. The van der Waals surface area contributed by atoms with E-state index in [1.54, 1.807) is 4.90 Å². The van der Waals surface area contributed by atoms with Crippen molar-refractivity contribution in [1.29, 1.82) is 0 Å². The van der Waals surface area contributed by atoms with Gasteiger partial charge in [-0.15, -0.1) is 0 Å². The highest BCUT2D eigenvalue weighted by molar-refractivity contribution is 6.06. The van der Waals surface area contributed by atoms with Gasteiger partial charge in [-0.25, -0.2) is 0 Å². The number of hydrogen-bond acceptors (Lipinski definition) is 7. The number of amides is 2. The van der Waals surface area contributed by atoms with Crippen molar-refractivity contribution in [2.75, 3.05) is 42.6 Å². The molecule has 0 saturated carbocycles. The van der Waals surface area contributed by atoms with E-state index < -0.39 is 41.1 Å². The van der Waals surface area contributed by atoms with Gasteiger partial charge in [0.05, 0.1) is 25.2 Å². The van der Waals surface area contributed by atoms with Gasteiger partial charge in [-0.2, -0.15) is 0 Å². The molecule has 9 nitrogen and oxygen atoms in total. The van der Waals surface area contributed by atoms with Gasteiger partial charge in [-0.3, -0.25) is 14.4 Å². The Balaban J connectivity index is 1.64. The van der Waals surface area contributed by atoms with Crippen LogP contribution in [0.3, 0.4) is 0 Å². The maximum absolute atomic E-state index is 14.7. The number of ether oxygens (including phenoxy) is 2. The molecule has 41 heavy (non-hydrogen) atoms. The van der Waals surface area contributed by atoms with E-state index in [9.17, 15) is 19.5 Å². The Hall–Kier alpha value is -3.17. The van der Waals surface area contributed by atoms with E-state index in [0.717, 1.165) is 18.8 Å². The topological polar surface area (TPSA) is 99.6 Å². The number of carbonyl (C=O) groups excluding carboxylic acids is 3. The van der Waals surface area contributed by atoms with Crippen LogP contribution in [-0.2, 0) is 23.9 Å². The Labute approximate surface area is 242 Å². The number of anilines is 2. The number of nitrogens with zero attached hydrogens (tertiary/aromatic N) is 3. The molecule has 1 aromatic carbocycles. The van der Waals surface area contributed by atoms with Gasteiger partial charge in [-0.1, -0.05) is 45.1 Å². The predicted molar refractivity (Wildman–Crippen MR) is 156 cm³/mol. The van der Waals surface area contributed by atoms with Gasteiger partial charge in [0.15, 0.2) is 0 Å². The molecule has 4 aliphatic rings. The number of esters is 1. The first kappa shape index (κ1) is 29.3. The van der Waals surface area contributed by atoms with Crippen LogP contribution in [0.4, 0.5) is 11.4 Å². The number of fused-ring (bicyclic) bond motifs is 2. The number of likely N-dealkylation sites (tertiary alicyclic amines) is 1. The SMILES string of the molecule is CCN(CC)c1ccc(N2CC=C[C@]34O[C@]5(CC)C=CCCOC(=O)[C@@H]5[C@H]3C(=O)N([C@@H](CO)C(C)C)C4C2=O)cc1. The number of hydrogen-bond donors (Lipinski definition) is 1. The minimum Gasteiger partial charge on any atom is -0.465 e. The van der Waals surface area contributed by atoms with E-state index in [-0.39, 0.29) is 37.5 Å². The number of carbonyl (C=O) groups is 3. The van der Waals surface area contributed by atoms with Crippen LogP contribution in [0.2, 0.25) is 0 Å². The quantitative estimate of drug-likeness (QED) is 0.381. The minimum atomic E-state index is -1.39. The summed E-state index contributed by atoms with van der Waals surface area (Å²) in [6.07, 6.45) is 8.54. The molecule has 0 aliphatic carbocycles. The molecule has 1 N–H and O–H groups in total. The third kappa shape index (κ3) is 4.48. The van der Waals surface area contributed by atoms with E-state index >= 15 is 0 Å². The van der Waals surface area contributed by atoms with E-state index in [2.05, 4.69) is 18.7 Å². The number of aliphatic hydroxyl groups is 1. The van der Waals surface area contributed by atoms with Gasteiger partial charge in [-0.05, 0) is 56.9 Å². The van der Waals surface area contributed by atoms with Crippen LogP contribution in [-0.4, -0.2) is 83.9 Å². The number of rotatable bonds is 8. The third-order valence-corrected chi connectivity index (χ3v) is 9.44. The van der Waals surface area contributed by atoms with Gasteiger partial charge in [0.25, 0.3) is 5.91 Å². The van der Waals surface area contributed by atoms with Crippen molar-refractivity contribution in [2.24, 2.45) is 17.8 Å². The molecular formula is C32H43N3O6. The zero-order chi connectivity index (χ0) is 29.5. The molecule has 1 spiro atoms. The zero-order valence-corrected chi connectivity index (χ0v) is 24.8. The Morgan fingerprint density at radius 2 is 1.71 bits per heavy atom. The summed E-state index contributed by atoms with van der Waals surface area (Å²) in [6, 6.07) is 6.19. The largest absolute Gasteiger partial charge is 0.465 e. The molecule has 4 heterocycles. The Kier molecular flexibility index (Phi) is 8.05. The van der Waals surface area contributed by atoms with Crippen LogP contribution in [0, 0.1) is 17.8 Å². The Morgan fingerprint density at radius 3 is 2.32 bits per heavy atom. The van der Waals surface area contributed by atoms with Crippen molar-refractivity contribution in [3.8, 4) is 0 Å². The predicted octanol–water partition coefficient (Wildman–Crippen LogP) is 3.32. The fourth-order valence-corrected chi connectivity index (χ4v) is 7.31. The Morgan fingerprint density at radius 1 is 1.00 bits per heavy atom. The number of aliphatic hydroxyl groups excluding tert-OH is 1. The van der Waals surface area contributed by atoms with Crippen LogP contribution in [0.15, 0.2) is 48.6 Å². The smallest absolute Gasteiger partial charge is 0.313 e. The first-order chi connectivity index (χ1) is 19.7. The third-order valence-electron chi connectivity index (χ3n) is 9.44. The van der Waals surface area contributed by atoms with E-state index in [4.69, 9.17) is 9.47 Å². The van der Waals surface area contributed by atoms with E-state index in [0.29, 0.717) is 18.5 Å². The summed E-state index contributed by atoms with van der Waals surface area (Å²) >= 11 is 0. The average Bonchev–Trinajstić information content (AvgIpc) is 3.30. The lowest BCUT2D eigenvalue weighted by Gasteiger charge is -2.42. The van der Waals surface area contributed by atoms with Crippen LogP contribution < -0.4 is 9.80 Å². The lowest BCUT2D eigenvalue weighted by Crippen LogP contribution is -2.60. The molecule has 0 radical (unpaired) electrons. The zero-order valence-electron chi connectivity index (χ0n) is 24.8. The fraction of sp³-hybridized carbons (Fsp3) is 0.594. The highest BCUT2D eigenvalue weighted by atomic mass is 16.6. The second kappa shape index (κ2) is 11.2. The highest BCUT2D eigenvalue weighted by Crippen LogP contribution is 2.59. The van der Waals surface area contributed by atoms with Crippen molar-refractivity contribution in [3.63, 3.8) is 0 Å². The monoisotopic (exact) mass is 565 g/mol. The first-order valence-corrected chi connectivity index (χ1v) is 15.0. The van der Waals surface area contributed by atoms with Gasteiger partial charge in [0, 0.05) is 31.0 Å². The maximum Gasteiger partial charge on any atom is 0.313 e. The number of benzene rings is 1. The van der Waals surface area contributed by atoms with Crippen LogP contribution >= 0.6 is 0 Å². The molecule has 0 aromatic heterocycles. The summed E-state index contributed by atoms with van der Waals surface area (Å²) < 4.78 is 12.6. The van der Waals surface area contributed by atoms with Gasteiger partial charge < -0.3 is 29.3 Å². The Bertz CT molecular complexity index is 1220. The normalized spacial score (nSPS) is 31.8. The fourth-order valence-electron chi connectivity index (χ4n) is 7.31. The minimum absolute atomic E-state index is 0.137. The summed E-state index contributed by atoms with van der Waals surface area (Å²) in [7, 11) is 0. The molecule has 2 fully saturated rings. The summed E-state index contributed by atoms with van der Waals surface area (Å²) in [5.41, 5.74) is -0.695. The van der Waals surface area contributed by atoms with Crippen molar-refractivity contribution in [1.82, 2.24) is 4.90 Å². The standard InChI is InChI=1S/C32H43N3O6/c1-6-31-16-9-10-19-40-30(39)26(31)25-28(37)35(24(20-36)21(4)5)27-29(38)34(18-11-17-32(25,27)41-31)23-14-12-22(13-15-23)33(7-2)8-3/h9,11-17,21,24-27,36H,6-8,10,18-20H2,1-5H3/t24-,25-,26-,27?,31+,32-/m0/s1. The van der Waals surface area contributed by atoms with Crippen LogP contribution in [0.1, 0.15) is 47.5 Å². The highest BCUT2D eigenvalue weighted by Gasteiger charge is 2.76. The van der Waals surface area contributed by atoms with Crippen LogP contribution in [0.25, 0.3) is 0 Å². The molecule has 2 saturated heterocycles. The van der Waals surface area contributed by atoms with Gasteiger partial charge >= 0.3 is 5.97 Å². The summed E-state index contributed by atoms with van der Waals surface area (Å²) in [4.78, 5) is 48.2. The molecule has 0 bridgehead atoms. The van der Waals surface area contributed by atoms with Gasteiger partial charge in [0.1, 0.15) is 23.2 Å². The molecule has 2 amide bonds. The molecular weight excluding hydrogens is 522 g/mol. The van der Waals surface area contributed by atoms with Crippen molar-refractivity contribution in [3.05, 3.63) is 48.6 Å². The second-order valence-corrected chi connectivity index (χ2v) is 11.8. The molecule has 4 aliphatic heterocycles. The summed E-state index contributed by atoms with van der Waals surface area (Å²) in [5.74, 6) is -3.13. The van der Waals surface area contributed by atoms with Crippen molar-refractivity contribution in [2.45, 2.75) is 70.7 Å². The van der Waals surface area contributed by atoms with Crippen molar-refractivity contribution >= 4 is 29.2 Å². The first-order valence-electron chi connectivity index (χ1n) is 15.0. The molecule has 1 aromatic rings. The van der Waals surface area contributed by atoms with E-state index in [1.807, 2.05) is 69.3 Å². The van der Waals surface area contributed by atoms with E-state index in [1.165, 1.54) is 4.90 Å². The lowest BCUT2D eigenvalue weighted by atomic mass is 9.73.